The normalized spacial score (nSPS) is 15.7. The van der Waals surface area contributed by atoms with Crippen molar-refractivity contribution >= 4 is 17.5 Å². The SMILES string of the molecule is CCOc1ccc(NC(=O)[C@H]2Cc3ccccc3CN2C(C)=O)cc1OC. The van der Waals surface area contributed by atoms with Crippen molar-refractivity contribution in [2.45, 2.75) is 32.9 Å². The van der Waals surface area contributed by atoms with Crippen LogP contribution in [0.3, 0.4) is 0 Å². The molecule has 1 heterocycles. The van der Waals surface area contributed by atoms with Gasteiger partial charge in [0.2, 0.25) is 11.8 Å². The fraction of sp³-hybridized carbons (Fsp3) is 0.333. The van der Waals surface area contributed by atoms with Gasteiger partial charge in [0, 0.05) is 31.6 Å². The number of fused-ring (bicyclic) bond motifs is 1. The van der Waals surface area contributed by atoms with Gasteiger partial charge in [-0.15, -0.1) is 0 Å². The van der Waals surface area contributed by atoms with Crippen LogP contribution in [0, 0.1) is 0 Å². The van der Waals surface area contributed by atoms with Crippen LogP contribution in [0.4, 0.5) is 5.69 Å². The molecule has 1 aliphatic heterocycles. The number of nitrogens with one attached hydrogen (secondary N) is 1. The summed E-state index contributed by atoms with van der Waals surface area (Å²) in [6.45, 7) is 4.35. The second-order valence-electron chi connectivity index (χ2n) is 6.42. The van der Waals surface area contributed by atoms with E-state index in [1.807, 2.05) is 31.2 Å². The Morgan fingerprint density at radius 3 is 2.56 bits per heavy atom. The third-order valence-corrected chi connectivity index (χ3v) is 4.69. The first-order chi connectivity index (χ1) is 13.0. The minimum absolute atomic E-state index is 0.117. The number of hydrogen-bond donors (Lipinski definition) is 1. The molecular formula is C21H24N2O4. The first-order valence-electron chi connectivity index (χ1n) is 8.99. The molecule has 6 heteroatoms. The number of nitrogens with zero attached hydrogens (tertiary/aromatic N) is 1. The highest BCUT2D eigenvalue weighted by molar-refractivity contribution is 5.97. The second kappa shape index (κ2) is 8.12. The molecular weight excluding hydrogens is 344 g/mol. The Bertz CT molecular complexity index is 850. The van der Waals surface area contributed by atoms with E-state index in [1.54, 1.807) is 30.2 Å². The minimum Gasteiger partial charge on any atom is -0.493 e. The maximum absolute atomic E-state index is 12.9. The molecule has 1 N–H and O–H groups in total. The zero-order chi connectivity index (χ0) is 19.4. The highest BCUT2D eigenvalue weighted by Crippen LogP contribution is 2.31. The predicted molar refractivity (Wildman–Crippen MR) is 103 cm³/mol. The molecule has 142 valence electrons. The predicted octanol–water partition coefficient (Wildman–Crippen LogP) is 3.01. The molecule has 0 fully saturated rings. The van der Waals surface area contributed by atoms with Crippen molar-refractivity contribution in [2.24, 2.45) is 0 Å². The summed E-state index contributed by atoms with van der Waals surface area (Å²) in [6.07, 6.45) is 0.496. The van der Waals surface area contributed by atoms with E-state index in [9.17, 15) is 9.59 Å². The Balaban J connectivity index is 1.81. The molecule has 0 bridgehead atoms. The Hall–Kier alpha value is -3.02. The Morgan fingerprint density at radius 2 is 1.89 bits per heavy atom. The maximum atomic E-state index is 12.9. The van der Waals surface area contributed by atoms with Gasteiger partial charge in [0.05, 0.1) is 13.7 Å². The van der Waals surface area contributed by atoms with E-state index < -0.39 is 6.04 Å². The van der Waals surface area contributed by atoms with E-state index in [0.29, 0.717) is 36.8 Å². The molecule has 6 nitrogen and oxygen atoms in total. The summed E-state index contributed by atoms with van der Waals surface area (Å²) >= 11 is 0. The van der Waals surface area contributed by atoms with Crippen molar-refractivity contribution in [1.82, 2.24) is 4.90 Å². The summed E-state index contributed by atoms with van der Waals surface area (Å²) in [5, 5.41) is 2.90. The highest BCUT2D eigenvalue weighted by atomic mass is 16.5. The van der Waals surface area contributed by atoms with E-state index in [4.69, 9.17) is 9.47 Å². The van der Waals surface area contributed by atoms with Gasteiger partial charge < -0.3 is 19.7 Å². The third kappa shape index (κ3) is 4.05. The van der Waals surface area contributed by atoms with Crippen LogP contribution in [0.5, 0.6) is 11.5 Å². The van der Waals surface area contributed by atoms with Crippen molar-refractivity contribution in [3.63, 3.8) is 0 Å². The lowest BCUT2D eigenvalue weighted by atomic mass is 9.93. The molecule has 0 aliphatic carbocycles. The average molecular weight is 368 g/mol. The lowest BCUT2D eigenvalue weighted by Crippen LogP contribution is -2.49. The van der Waals surface area contributed by atoms with Crippen LogP contribution in [-0.2, 0) is 22.6 Å². The summed E-state index contributed by atoms with van der Waals surface area (Å²) in [7, 11) is 1.55. The van der Waals surface area contributed by atoms with Crippen molar-refractivity contribution < 1.29 is 19.1 Å². The van der Waals surface area contributed by atoms with Gasteiger partial charge in [-0.1, -0.05) is 24.3 Å². The fourth-order valence-electron chi connectivity index (χ4n) is 3.33. The van der Waals surface area contributed by atoms with E-state index >= 15 is 0 Å². The van der Waals surface area contributed by atoms with Crippen molar-refractivity contribution in [1.29, 1.82) is 0 Å². The number of carbonyl (C=O) groups excluding carboxylic acids is 2. The zero-order valence-corrected chi connectivity index (χ0v) is 15.8. The Morgan fingerprint density at radius 1 is 1.15 bits per heavy atom. The lowest BCUT2D eigenvalue weighted by molar-refractivity contribution is -0.138. The van der Waals surface area contributed by atoms with Crippen LogP contribution in [0.15, 0.2) is 42.5 Å². The van der Waals surface area contributed by atoms with Crippen LogP contribution in [0.2, 0.25) is 0 Å². The molecule has 0 radical (unpaired) electrons. The van der Waals surface area contributed by atoms with E-state index in [1.165, 1.54) is 6.92 Å². The summed E-state index contributed by atoms with van der Waals surface area (Å²) < 4.78 is 10.8. The molecule has 2 aromatic rings. The fourth-order valence-corrected chi connectivity index (χ4v) is 3.33. The quantitative estimate of drug-likeness (QED) is 0.881. The smallest absolute Gasteiger partial charge is 0.247 e. The molecule has 0 saturated carbocycles. The highest BCUT2D eigenvalue weighted by Gasteiger charge is 2.33. The first kappa shape index (κ1) is 18.8. The summed E-state index contributed by atoms with van der Waals surface area (Å²) in [5.74, 6) is 0.835. The summed E-state index contributed by atoms with van der Waals surface area (Å²) in [4.78, 5) is 26.6. The summed E-state index contributed by atoms with van der Waals surface area (Å²) in [5.41, 5.74) is 2.78. The molecule has 0 spiro atoms. The van der Waals surface area contributed by atoms with Gasteiger partial charge in [-0.05, 0) is 30.2 Å². The summed E-state index contributed by atoms with van der Waals surface area (Å²) in [6, 6.07) is 12.6. The van der Waals surface area contributed by atoms with Gasteiger partial charge in [-0.2, -0.15) is 0 Å². The van der Waals surface area contributed by atoms with Gasteiger partial charge >= 0.3 is 0 Å². The number of carbonyl (C=O) groups is 2. The zero-order valence-electron chi connectivity index (χ0n) is 15.8. The third-order valence-electron chi connectivity index (χ3n) is 4.69. The molecule has 1 atom stereocenters. The minimum atomic E-state index is -0.546. The number of methoxy groups -OCH3 is 1. The molecule has 1 aliphatic rings. The first-order valence-corrected chi connectivity index (χ1v) is 8.99. The maximum Gasteiger partial charge on any atom is 0.247 e. The Labute approximate surface area is 159 Å². The van der Waals surface area contributed by atoms with Crippen LogP contribution in [0.1, 0.15) is 25.0 Å². The molecule has 27 heavy (non-hydrogen) atoms. The van der Waals surface area contributed by atoms with Gasteiger partial charge in [-0.25, -0.2) is 0 Å². The Kier molecular flexibility index (Phi) is 5.64. The van der Waals surface area contributed by atoms with E-state index in [-0.39, 0.29) is 11.8 Å². The van der Waals surface area contributed by atoms with E-state index in [0.717, 1.165) is 11.1 Å². The van der Waals surface area contributed by atoms with Gasteiger partial charge in [-0.3, -0.25) is 9.59 Å². The standard InChI is InChI=1S/C21H24N2O4/c1-4-27-19-10-9-17(12-20(19)26-3)22-21(25)18-11-15-7-5-6-8-16(15)13-23(18)14(2)24/h5-10,12,18H,4,11,13H2,1-3H3,(H,22,25)/t18-/m1/s1. The van der Waals surface area contributed by atoms with Gasteiger partial charge in [0.15, 0.2) is 11.5 Å². The monoisotopic (exact) mass is 368 g/mol. The average Bonchev–Trinajstić information content (AvgIpc) is 2.68. The van der Waals surface area contributed by atoms with Crippen molar-refractivity contribution in [2.75, 3.05) is 19.0 Å². The van der Waals surface area contributed by atoms with Crippen molar-refractivity contribution in [3.05, 3.63) is 53.6 Å². The van der Waals surface area contributed by atoms with E-state index in [2.05, 4.69) is 5.32 Å². The van der Waals surface area contributed by atoms with Gasteiger partial charge in [0.25, 0.3) is 0 Å². The molecule has 0 aromatic heterocycles. The number of benzene rings is 2. The number of amides is 2. The lowest BCUT2D eigenvalue weighted by Gasteiger charge is -2.35. The number of hydrogen-bond acceptors (Lipinski definition) is 4. The number of ether oxygens (including phenoxy) is 2. The molecule has 2 aromatic carbocycles. The van der Waals surface area contributed by atoms with Crippen LogP contribution in [-0.4, -0.2) is 36.5 Å². The van der Waals surface area contributed by atoms with Crippen LogP contribution >= 0.6 is 0 Å². The molecule has 3 rings (SSSR count). The topological polar surface area (TPSA) is 67.9 Å². The molecule has 0 saturated heterocycles. The molecule has 2 amide bonds. The van der Waals surface area contributed by atoms with Crippen LogP contribution < -0.4 is 14.8 Å². The van der Waals surface area contributed by atoms with Crippen LogP contribution in [0.25, 0.3) is 0 Å². The largest absolute Gasteiger partial charge is 0.493 e. The number of rotatable bonds is 5. The second-order valence-corrected chi connectivity index (χ2v) is 6.42. The molecule has 0 unspecified atom stereocenters. The number of anilines is 1. The van der Waals surface area contributed by atoms with Gasteiger partial charge in [0.1, 0.15) is 6.04 Å². The van der Waals surface area contributed by atoms with Crippen molar-refractivity contribution in [3.8, 4) is 11.5 Å².